The minimum Gasteiger partial charge on any atom is -0.436 e. The molecule has 150 valence electrons. The third-order valence-electron chi connectivity index (χ3n) is 3.95. The second kappa shape index (κ2) is 8.69. The van der Waals surface area contributed by atoms with Crippen LogP contribution in [0, 0.1) is 5.82 Å². The summed E-state index contributed by atoms with van der Waals surface area (Å²) in [5, 5.41) is 0.455. The first-order valence-corrected chi connectivity index (χ1v) is 10.4. The molecule has 1 fully saturated rings. The third kappa shape index (κ3) is 4.46. The van der Waals surface area contributed by atoms with Crippen LogP contribution in [0.2, 0.25) is 10.3 Å². The Morgan fingerprint density at radius 3 is 2.50 bits per heavy atom. The predicted octanol–water partition coefficient (Wildman–Crippen LogP) is 6.12. The van der Waals surface area contributed by atoms with Gasteiger partial charge in [-0.3, -0.25) is 9.69 Å². The largest absolute Gasteiger partial charge is 0.436 e. The molecule has 10 heteroatoms. The fourth-order valence-corrected chi connectivity index (χ4v) is 4.13. The number of hydrogen-bond donors (Lipinski definition) is 0. The summed E-state index contributed by atoms with van der Waals surface area (Å²) >= 11 is 18.1. The number of thiocarbonyl (C=S) groups is 1. The van der Waals surface area contributed by atoms with Crippen molar-refractivity contribution in [2.45, 2.75) is 0 Å². The van der Waals surface area contributed by atoms with E-state index in [1.807, 2.05) is 0 Å². The normalized spacial score (nSPS) is 15.2. The molecular weight excluding hydrogens is 468 g/mol. The predicted molar refractivity (Wildman–Crippen MR) is 121 cm³/mol. The van der Waals surface area contributed by atoms with Crippen molar-refractivity contribution in [1.29, 1.82) is 0 Å². The molecule has 0 N–H and O–H groups in total. The highest BCUT2D eigenvalue weighted by Gasteiger charge is 2.33. The summed E-state index contributed by atoms with van der Waals surface area (Å²) in [5.41, 5.74) is 1.40. The van der Waals surface area contributed by atoms with E-state index < -0.39 is 5.82 Å². The fourth-order valence-electron chi connectivity index (χ4n) is 2.58. The smallest absolute Gasteiger partial charge is 0.270 e. The molecule has 1 saturated heterocycles. The average molecular weight is 478 g/mol. The van der Waals surface area contributed by atoms with Gasteiger partial charge in [0.2, 0.25) is 11.1 Å². The van der Waals surface area contributed by atoms with Gasteiger partial charge in [0.05, 0.1) is 16.8 Å². The van der Waals surface area contributed by atoms with Crippen molar-refractivity contribution >= 4 is 69.2 Å². The van der Waals surface area contributed by atoms with E-state index in [1.54, 1.807) is 54.6 Å². The molecule has 0 saturated carbocycles. The first kappa shape index (κ1) is 20.7. The van der Waals surface area contributed by atoms with E-state index in [4.69, 9.17) is 40.2 Å². The van der Waals surface area contributed by atoms with Crippen molar-refractivity contribution in [1.82, 2.24) is 9.97 Å². The molecule has 1 aliphatic rings. The Morgan fingerprint density at radius 1 is 1.10 bits per heavy atom. The number of benzene rings is 2. The number of aromatic nitrogens is 2. The summed E-state index contributed by atoms with van der Waals surface area (Å²) in [5.74, 6) is -0.860. The minimum atomic E-state index is -0.727. The van der Waals surface area contributed by atoms with Crippen LogP contribution < -0.4 is 9.64 Å². The lowest BCUT2D eigenvalue weighted by molar-refractivity contribution is -0.113. The summed E-state index contributed by atoms with van der Waals surface area (Å²) in [7, 11) is 0. The van der Waals surface area contributed by atoms with Crippen molar-refractivity contribution in [3.05, 3.63) is 81.3 Å². The fraction of sp³-hybridized carbons (Fsp3) is 0. The Balaban J connectivity index is 1.52. The Bertz CT molecular complexity index is 1170. The topological polar surface area (TPSA) is 55.3 Å². The van der Waals surface area contributed by atoms with Gasteiger partial charge in [0, 0.05) is 5.02 Å². The second-order valence-electron chi connectivity index (χ2n) is 5.96. The summed E-state index contributed by atoms with van der Waals surface area (Å²) in [6.07, 6.45) is 2.66. The van der Waals surface area contributed by atoms with Crippen LogP contribution in [0.15, 0.2) is 59.6 Å². The maximum Gasteiger partial charge on any atom is 0.270 e. The quantitative estimate of drug-likeness (QED) is 0.256. The van der Waals surface area contributed by atoms with Crippen molar-refractivity contribution in [2.75, 3.05) is 4.90 Å². The number of nitrogens with zero attached hydrogens (tertiary/aromatic N) is 3. The van der Waals surface area contributed by atoms with E-state index in [9.17, 15) is 9.18 Å². The molecule has 0 aliphatic carbocycles. The van der Waals surface area contributed by atoms with Gasteiger partial charge in [-0.25, -0.2) is 4.98 Å². The molecule has 0 spiro atoms. The van der Waals surface area contributed by atoms with E-state index in [1.165, 1.54) is 16.7 Å². The number of halogens is 3. The molecule has 2 heterocycles. The zero-order valence-corrected chi connectivity index (χ0v) is 18.0. The lowest BCUT2D eigenvalue weighted by atomic mass is 10.2. The number of ether oxygens (including phenoxy) is 1. The summed E-state index contributed by atoms with van der Waals surface area (Å²) in [4.78, 5) is 22.0. The van der Waals surface area contributed by atoms with Crippen LogP contribution in [-0.2, 0) is 4.79 Å². The van der Waals surface area contributed by atoms with Gasteiger partial charge < -0.3 is 4.74 Å². The highest BCUT2D eigenvalue weighted by Crippen LogP contribution is 2.36. The zero-order valence-electron chi connectivity index (χ0n) is 14.9. The third-order valence-corrected chi connectivity index (χ3v) is 5.69. The maximum atomic E-state index is 13.7. The lowest BCUT2D eigenvalue weighted by Crippen LogP contribution is -2.27. The monoisotopic (exact) mass is 477 g/mol. The molecule has 4 rings (SSSR count). The van der Waals surface area contributed by atoms with Gasteiger partial charge in [-0.1, -0.05) is 47.7 Å². The molecule has 0 radical (unpaired) electrons. The van der Waals surface area contributed by atoms with Gasteiger partial charge in [0.15, 0.2) is 4.32 Å². The average Bonchev–Trinajstić information content (AvgIpc) is 3.00. The molecule has 30 heavy (non-hydrogen) atoms. The number of amides is 1. The van der Waals surface area contributed by atoms with E-state index in [0.717, 1.165) is 11.8 Å². The highest BCUT2D eigenvalue weighted by molar-refractivity contribution is 8.27. The molecule has 1 aliphatic heterocycles. The van der Waals surface area contributed by atoms with Crippen molar-refractivity contribution in [3.8, 4) is 11.6 Å². The molecule has 2 aromatic carbocycles. The van der Waals surface area contributed by atoms with E-state index in [-0.39, 0.29) is 17.1 Å². The Kier molecular flexibility index (Phi) is 6.01. The Morgan fingerprint density at radius 2 is 1.80 bits per heavy atom. The number of hydrogen-bond acceptors (Lipinski definition) is 6. The molecule has 0 atom stereocenters. The van der Waals surface area contributed by atoms with Crippen molar-refractivity contribution in [3.63, 3.8) is 0 Å². The van der Waals surface area contributed by atoms with Crippen molar-refractivity contribution < 1.29 is 13.9 Å². The lowest BCUT2D eigenvalue weighted by Gasteiger charge is -2.14. The molecular formula is C20H10Cl2FN3O2S2. The summed E-state index contributed by atoms with van der Waals surface area (Å²) in [6.45, 7) is 0. The van der Waals surface area contributed by atoms with E-state index >= 15 is 0 Å². The zero-order chi connectivity index (χ0) is 21.3. The van der Waals surface area contributed by atoms with Gasteiger partial charge in [-0.15, -0.1) is 0 Å². The molecule has 0 unspecified atom stereocenters. The highest BCUT2D eigenvalue weighted by atomic mass is 35.5. The van der Waals surface area contributed by atoms with Gasteiger partial charge in [0.25, 0.3) is 11.8 Å². The van der Waals surface area contributed by atoms with Gasteiger partial charge >= 0.3 is 0 Å². The number of carbonyl (C=O) groups excluding carboxylic acids is 1. The van der Waals surface area contributed by atoms with Crippen LogP contribution >= 0.6 is 47.2 Å². The minimum absolute atomic E-state index is 0.120. The SMILES string of the molecule is O=C1/C(=C\c2ccc(Oc3nc(Cl)ncc3F)cc2)SC(=S)N1c1ccc(Cl)cc1. The van der Waals surface area contributed by atoms with Crippen LogP contribution in [0.5, 0.6) is 11.6 Å². The second-order valence-corrected chi connectivity index (χ2v) is 8.41. The van der Waals surface area contributed by atoms with Crippen LogP contribution in [0.3, 0.4) is 0 Å². The van der Waals surface area contributed by atoms with Gasteiger partial charge in [-0.2, -0.15) is 9.37 Å². The van der Waals surface area contributed by atoms with E-state index in [2.05, 4.69) is 9.97 Å². The summed E-state index contributed by atoms with van der Waals surface area (Å²) in [6, 6.07) is 13.6. The van der Waals surface area contributed by atoms with Crippen LogP contribution in [0.4, 0.5) is 10.1 Å². The number of carbonyl (C=O) groups is 1. The molecule has 0 bridgehead atoms. The molecule has 3 aromatic rings. The first-order valence-electron chi connectivity index (χ1n) is 8.40. The number of rotatable bonds is 4. The molecule has 1 amide bonds. The van der Waals surface area contributed by atoms with Crippen LogP contribution in [0.1, 0.15) is 5.56 Å². The summed E-state index contributed by atoms with van der Waals surface area (Å²) < 4.78 is 19.5. The Hall–Kier alpha value is -2.52. The van der Waals surface area contributed by atoms with Crippen LogP contribution in [-0.4, -0.2) is 20.2 Å². The maximum absolute atomic E-state index is 13.7. The first-order chi connectivity index (χ1) is 14.4. The van der Waals surface area contributed by atoms with Crippen molar-refractivity contribution in [2.24, 2.45) is 0 Å². The van der Waals surface area contributed by atoms with Gasteiger partial charge in [0.1, 0.15) is 5.75 Å². The molecule has 5 nitrogen and oxygen atoms in total. The standard InChI is InChI=1S/C20H10Cl2FN3O2S2/c21-12-3-5-13(6-4-12)26-18(27)16(30-20(26)29)9-11-1-7-14(8-2-11)28-17-15(23)10-24-19(22)25-17/h1-10H/b16-9+. The Labute approximate surface area is 190 Å². The number of anilines is 1. The van der Waals surface area contributed by atoms with Crippen LogP contribution in [0.25, 0.3) is 6.08 Å². The number of thioether (sulfide) groups is 1. The van der Waals surface area contributed by atoms with Gasteiger partial charge in [-0.05, 0) is 59.6 Å². The van der Waals surface area contributed by atoms with E-state index in [0.29, 0.717) is 25.7 Å². The molecule has 1 aromatic heterocycles.